The van der Waals surface area contributed by atoms with E-state index >= 15 is 0 Å². The number of fused-ring (bicyclic) bond motifs is 1. The van der Waals surface area contributed by atoms with E-state index in [0.29, 0.717) is 52.6 Å². The Kier molecular flexibility index (Phi) is 11.1. The van der Waals surface area contributed by atoms with Crippen molar-refractivity contribution in [1.29, 1.82) is 0 Å². The van der Waals surface area contributed by atoms with Crippen LogP contribution in [0.2, 0.25) is 0 Å². The van der Waals surface area contributed by atoms with Crippen LogP contribution in [-0.2, 0) is 32.2 Å². The first-order chi connectivity index (χ1) is 23.3. The van der Waals surface area contributed by atoms with Crippen LogP contribution in [0.5, 0.6) is 11.5 Å². The monoisotopic (exact) mass is 654 g/mol. The van der Waals surface area contributed by atoms with Gasteiger partial charge in [0, 0.05) is 25.4 Å². The summed E-state index contributed by atoms with van der Waals surface area (Å²) in [5.41, 5.74) is 3.25. The van der Waals surface area contributed by atoms with Gasteiger partial charge in [0.1, 0.15) is 30.3 Å². The number of hydrogen-bond acceptors (Lipinski definition) is 8. The molecule has 2 aliphatic heterocycles. The highest BCUT2D eigenvalue weighted by atomic mass is 16.7. The standard InChI is InChI=1S/C39H45NO8/c1-39(2)47-27-35(48-39)26-45-34-16-11-30-10-9-29(21-32(30)22-34)25-46-37-23-40(38(41)42)18-17-36(37)31-12-14-33(15-13-31)44-20-6-19-43-24-28-7-4-3-5-8-28/h3-5,7-16,21-22,35-37H,6,17-20,23-27H2,1-2H3,(H,41,42)/p-1. The molecule has 0 aliphatic carbocycles. The van der Waals surface area contributed by atoms with Gasteiger partial charge in [-0.1, -0.05) is 60.7 Å². The molecule has 4 aromatic rings. The lowest BCUT2D eigenvalue weighted by Crippen LogP contribution is -2.51. The number of likely N-dealkylation sites (tertiary alicyclic amines) is 1. The van der Waals surface area contributed by atoms with Crippen LogP contribution >= 0.6 is 0 Å². The Bertz CT molecular complexity index is 1630. The number of carbonyl (C=O) groups excluding carboxylic acids is 1. The van der Waals surface area contributed by atoms with Gasteiger partial charge < -0.3 is 43.2 Å². The highest BCUT2D eigenvalue weighted by Crippen LogP contribution is 2.33. The zero-order valence-electron chi connectivity index (χ0n) is 27.7. The minimum Gasteiger partial charge on any atom is -0.530 e. The topological polar surface area (TPSA) is 98.8 Å². The third-order valence-electron chi connectivity index (χ3n) is 8.78. The molecule has 2 heterocycles. The van der Waals surface area contributed by atoms with Crippen molar-refractivity contribution in [2.75, 3.05) is 39.5 Å². The molecule has 1 amide bonds. The molecular weight excluding hydrogens is 610 g/mol. The van der Waals surface area contributed by atoms with Gasteiger partial charge in [0.25, 0.3) is 0 Å². The van der Waals surface area contributed by atoms with Gasteiger partial charge in [-0.25, -0.2) is 0 Å². The van der Waals surface area contributed by atoms with E-state index in [9.17, 15) is 9.90 Å². The summed E-state index contributed by atoms with van der Waals surface area (Å²) >= 11 is 0. The molecule has 0 saturated carbocycles. The fourth-order valence-electron chi connectivity index (χ4n) is 6.25. The van der Waals surface area contributed by atoms with Crippen LogP contribution in [0.1, 0.15) is 49.3 Å². The molecule has 0 spiro atoms. The SMILES string of the molecule is CC1(C)OCC(COc2ccc3ccc(COC4CN(C(=O)[O-])CCC4c4ccc(OCCCOCc5ccccc5)cc4)cc3c2)O1. The smallest absolute Gasteiger partial charge is 0.163 e. The molecule has 0 N–H and O–H groups in total. The molecule has 3 unspecified atom stereocenters. The molecule has 0 radical (unpaired) electrons. The number of carbonyl (C=O) groups is 1. The molecule has 9 nitrogen and oxygen atoms in total. The van der Waals surface area contributed by atoms with Gasteiger partial charge in [-0.05, 0) is 78.1 Å². The van der Waals surface area contributed by atoms with Gasteiger partial charge in [0.05, 0.1) is 39.1 Å². The number of carboxylic acid groups (broad SMARTS) is 1. The highest BCUT2D eigenvalue weighted by Gasteiger charge is 2.33. The Morgan fingerprint density at radius 2 is 1.67 bits per heavy atom. The fraction of sp³-hybridized carbons (Fsp3) is 0.410. The molecule has 0 bridgehead atoms. The van der Waals surface area contributed by atoms with Crippen molar-refractivity contribution >= 4 is 16.9 Å². The number of amides is 1. The molecule has 48 heavy (non-hydrogen) atoms. The molecular formula is C39H44NO8-. The van der Waals surface area contributed by atoms with Crippen LogP contribution in [0, 0.1) is 0 Å². The summed E-state index contributed by atoms with van der Waals surface area (Å²) in [5, 5.41) is 13.9. The predicted molar refractivity (Wildman–Crippen MR) is 180 cm³/mol. The molecule has 9 heteroatoms. The minimum atomic E-state index is -1.17. The zero-order valence-corrected chi connectivity index (χ0v) is 27.7. The maximum absolute atomic E-state index is 11.8. The van der Waals surface area contributed by atoms with Crippen LogP contribution in [0.3, 0.4) is 0 Å². The van der Waals surface area contributed by atoms with Crippen molar-refractivity contribution in [3.05, 3.63) is 108 Å². The first-order valence-corrected chi connectivity index (χ1v) is 16.7. The first kappa shape index (κ1) is 33.7. The van der Waals surface area contributed by atoms with E-state index in [1.807, 2.05) is 68.4 Å². The molecule has 6 rings (SSSR count). The highest BCUT2D eigenvalue weighted by molar-refractivity contribution is 5.84. The second-order valence-corrected chi connectivity index (χ2v) is 12.9. The Hall–Kier alpha value is -4.15. The molecule has 4 aromatic carbocycles. The number of hydrogen-bond donors (Lipinski definition) is 0. The van der Waals surface area contributed by atoms with Gasteiger partial charge in [-0.2, -0.15) is 0 Å². The maximum atomic E-state index is 11.8. The molecule has 2 aliphatic rings. The lowest BCUT2D eigenvalue weighted by atomic mass is 9.87. The average molecular weight is 655 g/mol. The van der Waals surface area contributed by atoms with Gasteiger partial charge in [0.15, 0.2) is 5.79 Å². The Morgan fingerprint density at radius 1 is 0.875 bits per heavy atom. The summed E-state index contributed by atoms with van der Waals surface area (Å²) in [6, 6.07) is 30.4. The third-order valence-corrected chi connectivity index (χ3v) is 8.78. The van der Waals surface area contributed by atoms with Gasteiger partial charge in [0.2, 0.25) is 0 Å². The maximum Gasteiger partial charge on any atom is 0.163 e. The van der Waals surface area contributed by atoms with Gasteiger partial charge in [-0.15, -0.1) is 0 Å². The second kappa shape index (κ2) is 15.8. The van der Waals surface area contributed by atoms with Crippen LogP contribution in [-0.4, -0.2) is 68.5 Å². The van der Waals surface area contributed by atoms with Crippen LogP contribution < -0.4 is 14.6 Å². The van der Waals surface area contributed by atoms with E-state index < -0.39 is 11.9 Å². The normalized spacial score (nSPS) is 20.5. The molecule has 254 valence electrons. The van der Waals surface area contributed by atoms with Crippen molar-refractivity contribution in [2.24, 2.45) is 0 Å². The Morgan fingerprint density at radius 3 is 2.44 bits per heavy atom. The summed E-state index contributed by atoms with van der Waals surface area (Å²) in [6.07, 6.45) is -0.177. The quantitative estimate of drug-likeness (QED) is 0.151. The Labute approximate surface area is 282 Å². The van der Waals surface area contributed by atoms with Crippen LogP contribution in [0.15, 0.2) is 91.0 Å². The van der Waals surface area contributed by atoms with Crippen molar-refractivity contribution in [3.63, 3.8) is 0 Å². The summed E-state index contributed by atoms with van der Waals surface area (Å²) < 4.78 is 35.7. The van der Waals surface area contributed by atoms with E-state index in [-0.39, 0.29) is 24.7 Å². The number of rotatable bonds is 14. The number of nitrogens with zero attached hydrogens (tertiary/aromatic N) is 1. The lowest BCUT2D eigenvalue weighted by molar-refractivity contribution is -0.268. The van der Waals surface area contributed by atoms with Crippen molar-refractivity contribution in [1.82, 2.24) is 4.90 Å². The van der Waals surface area contributed by atoms with E-state index in [2.05, 4.69) is 36.4 Å². The molecule has 0 aromatic heterocycles. The number of benzene rings is 4. The number of ether oxygens (including phenoxy) is 6. The van der Waals surface area contributed by atoms with Gasteiger partial charge in [-0.3, -0.25) is 0 Å². The fourth-order valence-corrected chi connectivity index (χ4v) is 6.25. The third kappa shape index (κ3) is 9.26. The average Bonchev–Trinajstić information content (AvgIpc) is 3.46. The van der Waals surface area contributed by atoms with E-state index in [1.54, 1.807) is 0 Å². The summed E-state index contributed by atoms with van der Waals surface area (Å²) in [7, 11) is 0. The van der Waals surface area contributed by atoms with Crippen LogP contribution in [0.25, 0.3) is 10.8 Å². The molecule has 2 saturated heterocycles. The largest absolute Gasteiger partial charge is 0.530 e. The number of piperidine rings is 1. The van der Waals surface area contributed by atoms with E-state index in [1.165, 1.54) is 4.90 Å². The minimum absolute atomic E-state index is 0.0354. The van der Waals surface area contributed by atoms with E-state index in [4.69, 9.17) is 28.4 Å². The van der Waals surface area contributed by atoms with Crippen molar-refractivity contribution in [2.45, 2.75) is 63.8 Å². The molecule has 2 fully saturated rings. The van der Waals surface area contributed by atoms with Gasteiger partial charge >= 0.3 is 0 Å². The van der Waals surface area contributed by atoms with E-state index in [0.717, 1.165) is 45.4 Å². The van der Waals surface area contributed by atoms with Crippen LogP contribution in [0.4, 0.5) is 4.79 Å². The summed E-state index contributed by atoms with van der Waals surface area (Å²) in [6.45, 7) is 7.50. The first-order valence-electron chi connectivity index (χ1n) is 16.7. The lowest BCUT2D eigenvalue weighted by Gasteiger charge is -2.40. The summed E-state index contributed by atoms with van der Waals surface area (Å²) in [5.74, 6) is 1.00. The van der Waals surface area contributed by atoms with Crippen molar-refractivity contribution < 1.29 is 38.3 Å². The second-order valence-electron chi connectivity index (χ2n) is 12.9. The molecule has 3 atom stereocenters. The van der Waals surface area contributed by atoms with Crippen molar-refractivity contribution in [3.8, 4) is 11.5 Å². The zero-order chi connectivity index (χ0) is 33.3. The predicted octanol–water partition coefficient (Wildman–Crippen LogP) is 6.07. The summed E-state index contributed by atoms with van der Waals surface area (Å²) in [4.78, 5) is 13.1. The Balaban J connectivity index is 1.03.